The van der Waals surface area contributed by atoms with Crippen LogP contribution in [0.3, 0.4) is 0 Å². The van der Waals surface area contributed by atoms with Gasteiger partial charge in [0.1, 0.15) is 6.17 Å². The third-order valence-electron chi connectivity index (χ3n) is 4.46. The first-order chi connectivity index (χ1) is 10.9. The fourth-order valence-electron chi connectivity index (χ4n) is 3.23. The molecule has 0 spiro atoms. The van der Waals surface area contributed by atoms with Gasteiger partial charge in [0.05, 0.1) is 0 Å². The Morgan fingerprint density at radius 2 is 1.73 bits per heavy atom. The van der Waals surface area contributed by atoms with Gasteiger partial charge in [0.15, 0.2) is 0 Å². The molecule has 3 rings (SSSR count). The van der Waals surface area contributed by atoms with Crippen molar-refractivity contribution < 1.29 is 0 Å². The zero-order valence-corrected chi connectivity index (χ0v) is 13.5. The van der Waals surface area contributed by atoms with Crippen molar-refractivity contribution in [3.8, 4) is 0 Å². The summed E-state index contributed by atoms with van der Waals surface area (Å²) < 4.78 is 0. The van der Waals surface area contributed by atoms with E-state index in [1.165, 1.54) is 42.5 Å². The van der Waals surface area contributed by atoms with Crippen LogP contribution in [0.25, 0.3) is 0 Å². The molecule has 22 heavy (non-hydrogen) atoms. The smallest absolute Gasteiger partial charge is 0.106 e. The van der Waals surface area contributed by atoms with Crippen molar-refractivity contribution in [1.82, 2.24) is 4.90 Å². The van der Waals surface area contributed by atoms with Gasteiger partial charge >= 0.3 is 0 Å². The second kappa shape index (κ2) is 7.46. The molecule has 116 valence electrons. The lowest BCUT2D eigenvalue weighted by molar-refractivity contribution is 0.194. The highest BCUT2D eigenvalue weighted by molar-refractivity contribution is 5.54. The van der Waals surface area contributed by atoms with Gasteiger partial charge in [0.2, 0.25) is 0 Å². The highest BCUT2D eigenvalue weighted by Gasteiger charge is 2.25. The summed E-state index contributed by atoms with van der Waals surface area (Å²) in [6, 6.07) is 19.5. The second-order valence-corrected chi connectivity index (χ2v) is 6.15. The van der Waals surface area contributed by atoms with Gasteiger partial charge in [0, 0.05) is 18.8 Å². The molecule has 1 N–H and O–H groups in total. The van der Waals surface area contributed by atoms with E-state index in [4.69, 9.17) is 0 Å². The van der Waals surface area contributed by atoms with Crippen LogP contribution in [-0.2, 0) is 6.54 Å². The Balaban J connectivity index is 1.77. The molecular formula is C20H26N2. The summed E-state index contributed by atoms with van der Waals surface area (Å²) in [5.41, 5.74) is 4.04. The van der Waals surface area contributed by atoms with Crippen molar-refractivity contribution in [2.45, 2.75) is 45.3 Å². The molecule has 2 aromatic carbocycles. The number of hydrogen-bond donors (Lipinski definition) is 1. The van der Waals surface area contributed by atoms with E-state index in [0.717, 1.165) is 13.1 Å². The first kappa shape index (κ1) is 15.1. The largest absolute Gasteiger partial charge is 0.366 e. The fraction of sp³-hybridized carbons (Fsp3) is 0.400. The molecule has 0 saturated heterocycles. The zero-order chi connectivity index (χ0) is 15.2. The third kappa shape index (κ3) is 3.50. The maximum atomic E-state index is 3.73. The van der Waals surface area contributed by atoms with Crippen molar-refractivity contribution in [3.05, 3.63) is 65.7 Å². The van der Waals surface area contributed by atoms with Gasteiger partial charge in [-0.05, 0) is 23.6 Å². The number of hydrogen-bond acceptors (Lipinski definition) is 2. The highest BCUT2D eigenvalue weighted by Crippen LogP contribution is 2.33. The normalized spacial score (nSPS) is 17.8. The number of nitrogens with zero attached hydrogens (tertiary/aromatic N) is 1. The molecule has 1 atom stereocenters. The van der Waals surface area contributed by atoms with E-state index in [9.17, 15) is 0 Å². The summed E-state index contributed by atoms with van der Waals surface area (Å²) in [4.78, 5) is 2.58. The van der Waals surface area contributed by atoms with E-state index >= 15 is 0 Å². The summed E-state index contributed by atoms with van der Waals surface area (Å²) in [5.74, 6) is 0. The Hall–Kier alpha value is -1.80. The second-order valence-electron chi connectivity index (χ2n) is 6.15. The summed E-state index contributed by atoms with van der Waals surface area (Å²) >= 11 is 0. The van der Waals surface area contributed by atoms with Crippen molar-refractivity contribution in [2.75, 3.05) is 11.9 Å². The molecule has 0 radical (unpaired) electrons. The Kier molecular flexibility index (Phi) is 5.12. The molecule has 1 unspecified atom stereocenters. The molecule has 0 aliphatic carbocycles. The van der Waals surface area contributed by atoms with Crippen LogP contribution >= 0.6 is 0 Å². The SMILES string of the molecule is CCCCCCN1Cc2ccccc2NC1c1ccccc1. The molecule has 0 fully saturated rings. The maximum Gasteiger partial charge on any atom is 0.106 e. The van der Waals surface area contributed by atoms with Crippen molar-refractivity contribution in [3.63, 3.8) is 0 Å². The lowest BCUT2D eigenvalue weighted by Crippen LogP contribution is -2.38. The van der Waals surface area contributed by atoms with Gasteiger partial charge in [-0.25, -0.2) is 0 Å². The van der Waals surface area contributed by atoms with Crippen LogP contribution in [-0.4, -0.2) is 11.4 Å². The van der Waals surface area contributed by atoms with Gasteiger partial charge in [-0.1, -0.05) is 74.7 Å². The predicted octanol–water partition coefficient (Wildman–Crippen LogP) is 5.19. The molecular weight excluding hydrogens is 268 g/mol. The van der Waals surface area contributed by atoms with Gasteiger partial charge in [0.25, 0.3) is 0 Å². The number of para-hydroxylation sites is 1. The van der Waals surface area contributed by atoms with E-state index < -0.39 is 0 Å². The molecule has 0 amide bonds. The molecule has 2 heteroatoms. The average molecular weight is 294 g/mol. The average Bonchev–Trinajstić information content (AvgIpc) is 2.59. The summed E-state index contributed by atoms with van der Waals surface area (Å²) in [5, 5.41) is 3.73. The van der Waals surface area contributed by atoms with Crippen LogP contribution in [0, 0.1) is 0 Å². The number of fused-ring (bicyclic) bond motifs is 1. The van der Waals surface area contributed by atoms with Crippen molar-refractivity contribution in [2.24, 2.45) is 0 Å². The van der Waals surface area contributed by atoms with Gasteiger partial charge < -0.3 is 5.32 Å². The van der Waals surface area contributed by atoms with Crippen LogP contribution in [0.1, 0.15) is 49.9 Å². The minimum atomic E-state index is 0.290. The topological polar surface area (TPSA) is 15.3 Å². The standard InChI is InChI=1S/C20H26N2/c1-2-3-4-10-15-22-16-18-13-8-9-14-19(18)21-20(22)17-11-6-5-7-12-17/h5-9,11-14,20-21H,2-4,10,15-16H2,1H3. The number of benzene rings is 2. The van der Waals surface area contributed by atoms with Gasteiger partial charge in [-0.15, -0.1) is 0 Å². The number of unbranched alkanes of at least 4 members (excludes halogenated alkanes) is 3. The minimum Gasteiger partial charge on any atom is -0.366 e. The number of anilines is 1. The summed E-state index contributed by atoms with van der Waals surface area (Å²) in [6.07, 6.45) is 5.53. The van der Waals surface area contributed by atoms with Crippen LogP contribution < -0.4 is 5.32 Å². The number of nitrogens with one attached hydrogen (secondary N) is 1. The highest BCUT2D eigenvalue weighted by atomic mass is 15.3. The van der Waals surface area contributed by atoms with E-state index in [2.05, 4.69) is 71.7 Å². The lowest BCUT2D eigenvalue weighted by atomic mass is 10.0. The maximum absolute atomic E-state index is 3.73. The molecule has 1 aliphatic heterocycles. The minimum absolute atomic E-state index is 0.290. The summed E-state index contributed by atoms with van der Waals surface area (Å²) in [7, 11) is 0. The van der Waals surface area contributed by atoms with Crippen LogP contribution in [0.4, 0.5) is 5.69 Å². The van der Waals surface area contributed by atoms with Crippen LogP contribution in [0.15, 0.2) is 54.6 Å². The van der Waals surface area contributed by atoms with Crippen LogP contribution in [0.5, 0.6) is 0 Å². The fourth-order valence-corrected chi connectivity index (χ4v) is 3.23. The molecule has 2 nitrogen and oxygen atoms in total. The van der Waals surface area contributed by atoms with E-state index in [1.54, 1.807) is 0 Å². The Morgan fingerprint density at radius 1 is 0.955 bits per heavy atom. The molecule has 0 saturated carbocycles. The van der Waals surface area contributed by atoms with Crippen molar-refractivity contribution in [1.29, 1.82) is 0 Å². The predicted molar refractivity (Wildman–Crippen MR) is 93.8 cm³/mol. The first-order valence-electron chi connectivity index (χ1n) is 8.52. The Bertz CT molecular complexity index is 579. The lowest BCUT2D eigenvalue weighted by Gasteiger charge is -2.38. The molecule has 2 aromatic rings. The third-order valence-corrected chi connectivity index (χ3v) is 4.46. The molecule has 0 aromatic heterocycles. The Morgan fingerprint density at radius 3 is 2.55 bits per heavy atom. The van der Waals surface area contributed by atoms with E-state index in [-0.39, 0.29) is 6.17 Å². The van der Waals surface area contributed by atoms with Crippen molar-refractivity contribution >= 4 is 5.69 Å². The van der Waals surface area contributed by atoms with Gasteiger partial charge in [-0.2, -0.15) is 0 Å². The quantitative estimate of drug-likeness (QED) is 0.737. The monoisotopic (exact) mass is 294 g/mol. The van der Waals surface area contributed by atoms with E-state index in [0.29, 0.717) is 0 Å². The molecule has 1 heterocycles. The van der Waals surface area contributed by atoms with Gasteiger partial charge in [-0.3, -0.25) is 4.90 Å². The molecule has 0 bridgehead atoms. The number of rotatable bonds is 6. The van der Waals surface area contributed by atoms with Crippen LogP contribution in [0.2, 0.25) is 0 Å². The zero-order valence-electron chi connectivity index (χ0n) is 13.5. The van der Waals surface area contributed by atoms with E-state index in [1.807, 2.05) is 0 Å². The first-order valence-corrected chi connectivity index (χ1v) is 8.52. The Labute approximate surface area is 134 Å². The molecule has 1 aliphatic rings. The summed E-state index contributed by atoms with van der Waals surface area (Å²) in [6.45, 7) is 4.46.